The molecule has 1 atom stereocenters. The van der Waals surface area contributed by atoms with Gasteiger partial charge in [-0.2, -0.15) is 0 Å². The molecule has 0 radical (unpaired) electrons. The minimum absolute atomic E-state index is 0.0120. The summed E-state index contributed by atoms with van der Waals surface area (Å²) in [6.45, 7) is 2.26. The van der Waals surface area contributed by atoms with E-state index in [1.807, 2.05) is 24.3 Å². The average Bonchev–Trinajstić information content (AvgIpc) is 3.40. The molecule has 1 fully saturated rings. The number of halogens is 1. The van der Waals surface area contributed by atoms with E-state index in [4.69, 9.17) is 4.74 Å². The van der Waals surface area contributed by atoms with Gasteiger partial charge in [-0.25, -0.2) is 12.8 Å². The second-order valence-corrected chi connectivity index (χ2v) is 10.0. The number of likely N-dealkylation sites (tertiary alicyclic amines) is 1. The number of amides is 1. The molecule has 1 heterocycles. The number of carbonyl (C=O) groups excluding carboxylic acids is 1. The number of ether oxygens (including phenoxy) is 1. The zero-order valence-electron chi connectivity index (χ0n) is 19.4. The summed E-state index contributed by atoms with van der Waals surface area (Å²) < 4.78 is 47.0. The van der Waals surface area contributed by atoms with Gasteiger partial charge in [-0.05, 0) is 74.0 Å². The highest BCUT2D eigenvalue weighted by atomic mass is 32.2. The van der Waals surface area contributed by atoms with Crippen molar-refractivity contribution in [2.24, 2.45) is 0 Å². The monoisotopic (exact) mass is 497 g/mol. The molecule has 3 aromatic carbocycles. The molecule has 1 aliphatic rings. The Morgan fingerprint density at radius 1 is 1.03 bits per heavy atom. The van der Waals surface area contributed by atoms with Crippen molar-refractivity contribution in [1.29, 1.82) is 0 Å². The third-order valence-corrected chi connectivity index (χ3v) is 7.43. The smallest absolute Gasteiger partial charge is 0.262 e. The largest absolute Gasteiger partial charge is 0.497 e. The fourth-order valence-corrected chi connectivity index (χ4v) is 5.29. The number of nitrogens with one attached hydrogen (secondary N) is 2. The molecule has 9 heteroatoms. The first-order valence-corrected chi connectivity index (χ1v) is 12.9. The fraction of sp³-hybridized carbons (Fsp3) is 0.269. The van der Waals surface area contributed by atoms with Crippen LogP contribution < -0.4 is 14.8 Å². The van der Waals surface area contributed by atoms with Gasteiger partial charge in [-0.15, -0.1) is 0 Å². The normalized spacial score (nSPS) is 14.9. The molecule has 0 aromatic heterocycles. The van der Waals surface area contributed by atoms with Crippen LogP contribution in [0.5, 0.6) is 5.75 Å². The van der Waals surface area contributed by atoms with E-state index in [2.05, 4.69) is 14.9 Å². The maximum absolute atomic E-state index is 13.9. The molecule has 1 amide bonds. The molecule has 0 spiro atoms. The number of carbonyl (C=O) groups is 1. The summed E-state index contributed by atoms with van der Waals surface area (Å²) in [4.78, 5) is 15.2. The molecule has 7 nitrogen and oxygen atoms in total. The van der Waals surface area contributed by atoms with Gasteiger partial charge in [0.05, 0.1) is 23.7 Å². The number of methoxy groups -OCH3 is 1. The van der Waals surface area contributed by atoms with Gasteiger partial charge in [-0.1, -0.05) is 30.3 Å². The van der Waals surface area contributed by atoms with Crippen LogP contribution in [0.2, 0.25) is 0 Å². The Morgan fingerprint density at radius 3 is 2.43 bits per heavy atom. The minimum atomic E-state index is -4.08. The number of sulfonamides is 1. The zero-order chi connectivity index (χ0) is 24.8. The number of benzene rings is 3. The Labute approximate surface area is 205 Å². The van der Waals surface area contributed by atoms with Crippen LogP contribution in [-0.2, 0) is 10.0 Å². The van der Waals surface area contributed by atoms with Crippen molar-refractivity contribution in [3.63, 3.8) is 0 Å². The van der Waals surface area contributed by atoms with Crippen molar-refractivity contribution < 1.29 is 22.3 Å². The van der Waals surface area contributed by atoms with Gasteiger partial charge < -0.3 is 10.1 Å². The van der Waals surface area contributed by atoms with E-state index in [1.165, 1.54) is 42.5 Å². The summed E-state index contributed by atoms with van der Waals surface area (Å²) in [7, 11) is -2.46. The lowest BCUT2D eigenvalue weighted by Crippen LogP contribution is -2.36. The lowest BCUT2D eigenvalue weighted by Gasteiger charge is -2.28. The molecule has 0 aliphatic carbocycles. The number of rotatable bonds is 9. The number of hydrogen-bond acceptors (Lipinski definition) is 5. The number of para-hydroxylation sites is 1. The summed E-state index contributed by atoms with van der Waals surface area (Å²) >= 11 is 0. The van der Waals surface area contributed by atoms with E-state index < -0.39 is 15.8 Å². The standard InChI is InChI=1S/C26H28FN3O4S/c1-34-21-13-11-19(12-14-21)25(30-15-4-5-16-30)18-28-26(31)20-7-6-8-22(17-20)35(32,33)29-24-10-3-2-9-23(24)27/h2-3,6-14,17,25,29H,4-5,15-16,18H2,1H3,(H,28,31)/t25-/m1/s1. The molecular formula is C26H28FN3O4S. The van der Waals surface area contributed by atoms with Crippen molar-refractivity contribution >= 4 is 21.6 Å². The highest BCUT2D eigenvalue weighted by Crippen LogP contribution is 2.26. The van der Waals surface area contributed by atoms with Gasteiger partial charge in [0.15, 0.2) is 0 Å². The molecule has 35 heavy (non-hydrogen) atoms. The van der Waals surface area contributed by atoms with E-state index in [0.717, 1.165) is 37.2 Å². The SMILES string of the molecule is COc1ccc([C@@H](CNC(=O)c2cccc(S(=O)(=O)Nc3ccccc3F)c2)N2CCCC2)cc1. The van der Waals surface area contributed by atoms with E-state index >= 15 is 0 Å². The molecule has 0 bridgehead atoms. The third-order valence-electron chi connectivity index (χ3n) is 6.06. The second-order valence-electron chi connectivity index (χ2n) is 8.36. The second kappa shape index (κ2) is 10.9. The van der Waals surface area contributed by atoms with Crippen molar-refractivity contribution in [3.05, 3.63) is 89.7 Å². The average molecular weight is 498 g/mol. The van der Waals surface area contributed by atoms with Crippen molar-refractivity contribution in [1.82, 2.24) is 10.2 Å². The van der Waals surface area contributed by atoms with Gasteiger partial charge in [0.25, 0.3) is 15.9 Å². The van der Waals surface area contributed by atoms with E-state index in [0.29, 0.717) is 6.54 Å². The Morgan fingerprint density at radius 2 is 1.74 bits per heavy atom. The molecule has 4 rings (SSSR count). The Kier molecular flexibility index (Phi) is 7.67. The highest BCUT2D eigenvalue weighted by molar-refractivity contribution is 7.92. The van der Waals surface area contributed by atoms with Gasteiger partial charge in [0.1, 0.15) is 11.6 Å². The molecule has 0 unspecified atom stereocenters. The van der Waals surface area contributed by atoms with Crippen LogP contribution in [0.1, 0.15) is 34.8 Å². The summed E-state index contributed by atoms with van der Waals surface area (Å²) in [5, 5.41) is 2.95. The van der Waals surface area contributed by atoms with Gasteiger partial charge in [0, 0.05) is 12.1 Å². The van der Waals surface area contributed by atoms with Gasteiger partial charge in [0.2, 0.25) is 0 Å². The van der Waals surface area contributed by atoms with Crippen LogP contribution in [0.4, 0.5) is 10.1 Å². The lowest BCUT2D eigenvalue weighted by atomic mass is 10.0. The zero-order valence-corrected chi connectivity index (χ0v) is 20.2. The molecule has 1 aliphatic heterocycles. The first kappa shape index (κ1) is 24.7. The molecule has 0 saturated carbocycles. The van der Waals surface area contributed by atoms with E-state index in [-0.39, 0.29) is 28.1 Å². The number of hydrogen-bond donors (Lipinski definition) is 2. The van der Waals surface area contributed by atoms with Crippen LogP contribution in [0.25, 0.3) is 0 Å². The first-order chi connectivity index (χ1) is 16.9. The molecule has 3 aromatic rings. The summed E-state index contributed by atoms with van der Waals surface area (Å²) in [5.74, 6) is -0.304. The Bertz CT molecular complexity index is 1280. The predicted molar refractivity (Wildman–Crippen MR) is 133 cm³/mol. The summed E-state index contributed by atoms with van der Waals surface area (Å²) in [6, 6.07) is 19.0. The van der Waals surface area contributed by atoms with Crippen LogP contribution in [-0.4, -0.2) is 46.0 Å². The number of nitrogens with zero attached hydrogens (tertiary/aromatic N) is 1. The van der Waals surface area contributed by atoms with Gasteiger partial charge >= 0.3 is 0 Å². The lowest BCUT2D eigenvalue weighted by molar-refractivity contribution is 0.0937. The molecule has 2 N–H and O–H groups in total. The maximum atomic E-state index is 13.9. The van der Waals surface area contributed by atoms with Crippen molar-refractivity contribution in [2.45, 2.75) is 23.8 Å². The molecule has 1 saturated heterocycles. The minimum Gasteiger partial charge on any atom is -0.497 e. The fourth-order valence-electron chi connectivity index (χ4n) is 4.18. The number of anilines is 1. The quantitative estimate of drug-likeness (QED) is 0.463. The van der Waals surface area contributed by atoms with Crippen LogP contribution in [0.15, 0.2) is 77.7 Å². The van der Waals surface area contributed by atoms with Crippen molar-refractivity contribution in [3.8, 4) is 5.75 Å². The van der Waals surface area contributed by atoms with Crippen LogP contribution in [0.3, 0.4) is 0 Å². The first-order valence-electron chi connectivity index (χ1n) is 11.4. The molecular weight excluding hydrogens is 469 g/mol. The summed E-state index contributed by atoms with van der Waals surface area (Å²) in [6.07, 6.45) is 2.21. The topological polar surface area (TPSA) is 87.7 Å². The van der Waals surface area contributed by atoms with E-state index in [1.54, 1.807) is 13.2 Å². The Balaban J connectivity index is 1.48. The predicted octanol–water partition coefficient (Wildman–Crippen LogP) is 4.20. The Hall–Kier alpha value is -3.43. The van der Waals surface area contributed by atoms with E-state index in [9.17, 15) is 17.6 Å². The highest BCUT2D eigenvalue weighted by Gasteiger charge is 2.25. The van der Waals surface area contributed by atoms with Gasteiger partial charge in [-0.3, -0.25) is 14.4 Å². The third kappa shape index (κ3) is 5.98. The molecule has 184 valence electrons. The van der Waals surface area contributed by atoms with Crippen LogP contribution in [0, 0.1) is 5.82 Å². The van der Waals surface area contributed by atoms with Crippen molar-refractivity contribution in [2.75, 3.05) is 31.5 Å². The van der Waals surface area contributed by atoms with Crippen LogP contribution >= 0.6 is 0 Å². The maximum Gasteiger partial charge on any atom is 0.262 e. The summed E-state index contributed by atoms with van der Waals surface area (Å²) in [5.41, 5.74) is 1.12.